The monoisotopic (exact) mass is 265 g/mol. The Kier molecular flexibility index (Phi) is 2.84. The molecule has 0 saturated carbocycles. The summed E-state index contributed by atoms with van der Waals surface area (Å²) in [6, 6.07) is 13.7. The third-order valence-corrected chi connectivity index (χ3v) is 3.11. The first-order valence-corrected chi connectivity index (χ1v) is 6.06. The summed E-state index contributed by atoms with van der Waals surface area (Å²) in [6.07, 6.45) is 1.66. The van der Waals surface area contributed by atoms with Gasteiger partial charge in [0.1, 0.15) is 0 Å². The van der Waals surface area contributed by atoms with Gasteiger partial charge < -0.3 is 10.2 Å². The molecule has 0 bridgehead atoms. The zero-order valence-electron chi connectivity index (χ0n) is 10.4. The fraction of sp³-hybridized carbons (Fsp3) is 0. The van der Waals surface area contributed by atoms with Crippen molar-refractivity contribution < 1.29 is 10.2 Å². The minimum Gasteiger partial charge on any atom is -0.504 e. The predicted molar refractivity (Wildman–Crippen MR) is 76.8 cm³/mol. The molecular weight excluding hydrogens is 254 g/mol. The Labute approximate surface area is 114 Å². The molecule has 4 heteroatoms. The zero-order valence-corrected chi connectivity index (χ0v) is 10.4. The Morgan fingerprint density at radius 1 is 0.900 bits per heavy atom. The van der Waals surface area contributed by atoms with Crippen molar-refractivity contribution in [3.8, 4) is 22.6 Å². The third kappa shape index (κ3) is 2.07. The Morgan fingerprint density at radius 2 is 1.70 bits per heavy atom. The minimum atomic E-state index is -0.648. The van der Waals surface area contributed by atoms with Crippen LogP contribution in [0.25, 0.3) is 22.0 Å². The van der Waals surface area contributed by atoms with Crippen LogP contribution in [0, 0.1) is 0 Å². The standard InChI is InChI=1S/C16H11NO3/c18-14-6-5-10(8-15(19)16(14)20)12-7-11-3-1-2-4-13(11)17-9-12/h1-9H,(H2,18,19,20). The molecule has 0 aliphatic heterocycles. The number of benzene rings is 1. The lowest BCUT2D eigenvalue weighted by atomic mass is 10.1. The second-order valence-electron chi connectivity index (χ2n) is 4.45. The van der Waals surface area contributed by atoms with Gasteiger partial charge in [0.2, 0.25) is 11.2 Å². The summed E-state index contributed by atoms with van der Waals surface area (Å²) in [5.41, 5.74) is 1.57. The van der Waals surface area contributed by atoms with Gasteiger partial charge in [-0.15, -0.1) is 0 Å². The second-order valence-corrected chi connectivity index (χ2v) is 4.45. The Morgan fingerprint density at radius 3 is 2.55 bits per heavy atom. The van der Waals surface area contributed by atoms with Gasteiger partial charge in [-0.05, 0) is 29.8 Å². The molecule has 0 aliphatic carbocycles. The molecule has 98 valence electrons. The summed E-state index contributed by atoms with van der Waals surface area (Å²) in [6.45, 7) is 0. The van der Waals surface area contributed by atoms with Crippen molar-refractivity contribution in [2.45, 2.75) is 0 Å². The molecule has 0 aliphatic rings. The molecule has 0 amide bonds. The number of rotatable bonds is 1. The lowest BCUT2D eigenvalue weighted by Crippen LogP contribution is -1.94. The number of aromatic nitrogens is 1. The molecule has 3 aromatic rings. The first-order chi connectivity index (χ1) is 9.65. The summed E-state index contributed by atoms with van der Waals surface area (Å²) in [5, 5.41) is 19.8. The van der Waals surface area contributed by atoms with Crippen LogP contribution in [0.1, 0.15) is 0 Å². The molecule has 2 N–H and O–H groups in total. The van der Waals surface area contributed by atoms with E-state index in [-0.39, 0.29) is 0 Å². The van der Waals surface area contributed by atoms with Crippen LogP contribution in [0.15, 0.2) is 59.5 Å². The van der Waals surface area contributed by atoms with Gasteiger partial charge in [0.25, 0.3) is 0 Å². The number of aromatic hydroxyl groups is 2. The van der Waals surface area contributed by atoms with Crippen molar-refractivity contribution in [3.05, 3.63) is 65.0 Å². The third-order valence-electron chi connectivity index (χ3n) is 3.11. The number of nitrogens with zero attached hydrogens (tertiary/aromatic N) is 1. The molecule has 2 aromatic carbocycles. The maximum atomic E-state index is 11.7. The Balaban J connectivity index is 2.23. The molecule has 3 rings (SSSR count). The van der Waals surface area contributed by atoms with Crippen LogP contribution < -0.4 is 5.43 Å². The van der Waals surface area contributed by atoms with Gasteiger partial charge in [-0.3, -0.25) is 9.78 Å². The Bertz CT molecular complexity index is 859. The molecular formula is C16H11NO3. The van der Waals surface area contributed by atoms with Gasteiger partial charge in [-0.1, -0.05) is 24.3 Å². The van der Waals surface area contributed by atoms with Gasteiger partial charge in [0.05, 0.1) is 5.52 Å². The van der Waals surface area contributed by atoms with Crippen molar-refractivity contribution in [1.82, 2.24) is 4.98 Å². The number of hydrogen-bond donors (Lipinski definition) is 2. The van der Waals surface area contributed by atoms with Gasteiger partial charge in [0.15, 0.2) is 5.75 Å². The lowest BCUT2D eigenvalue weighted by molar-refractivity contribution is 0.402. The number of fused-ring (bicyclic) bond motifs is 1. The van der Waals surface area contributed by atoms with Crippen LogP contribution in [0.2, 0.25) is 0 Å². The molecule has 20 heavy (non-hydrogen) atoms. The molecule has 4 nitrogen and oxygen atoms in total. The Hall–Kier alpha value is -2.88. The topological polar surface area (TPSA) is 70.4 Å². The molecule has 0 radical (unpaired) electrons. The first kappa shape index (κ1) is 12.2. The number of hydrogen-bond acceptors (Lipinski definition) is 4. The van der Waals surface area contributed by atoms with E-state index in [0.717, 1.165) is 16.5 Å². The normalized spacial score (nSPS) is 10.6. The highest BCUT2D eigenvalue weighted by Crippen LogP contribution is 2.24. The maximum absolute atomic E-state index is 11.7. The van der Waals surface area contributed by atoms with E-state index in [9.17, 15) is 15.0 Å². The van der Waals surface area contributed by atoms with Gasteiger partial charge in [0, 0.05) is 17.1 Å². The van der Waals surface area contributed by atoms with E-state index < -0.39 is 16.9 Å². The lowest BCUT2D eigenvalue weighted by Gasteiger charge is -2.01. The quantitative estimate of drug-likeness (QED) is 0.709. The maximum Gasteiger partial charge on any atom is 0.224 e. The largest absolute Gasteiger partial charge is 0.504 e. The van der Waals surface area contributed by atoms with E-state index in [1.165, 1.54) is 12.1 Å². The summed E-state index contributed by atoms with van der Waals surface area (Å²) in [7, 11) is 0. The van der Waals surface area contributed by atoms with Crippen LogP contribution in [0.5, 0.6) is 11.5 Å². The zero-order chi connectivity index (χ0) is 14.1. The average Bonchev–Trinajstić information content (AvgIpc) is 2.60. The van der Waals surface area contributed by atoms with Crippen LogP contribution in [0.4, 0.5) is 0 Å². The van der Waals surface area contributed by atoms with Crippen molar-refractivity contribution in [3.63, 3.8) is 0 Å². The summed E-state index contributed by atoms with van der Waals surface area (Å²) in [4.78, 5) is 16.0. The molecule has 1 heterocycles. The minimum absolute atomic E-state index is 0.435. The van der Waals surface area contributed by atoms with Crippen LogP contribution in [-0.2, 0) is 0 Å². The van der Waals surface area contributed by atoms with Gasteiger partial charge in [-0.25, -0.2) is 0 Å². The van der Waals surface area contributed by atoms with E-state index in [4.69, 9.17) is 0 Å². The highest BCUT2D eigenvalue weighted by molar-refractivity contribution is 5.83. The molecule has 0 unspecified atom stereocenters. The predicted octanol–water partition coefficient (Wildman–Crippen LogP) is 2.67. The van der Waals surface area contributed by atoms with Crippen LogP contribution in [0.3, 0.4) is 0 Å². The molecule has 0 saturated heterocycles. The van der Waals surface area contributed by atoms with Crippen LogP contribution in [-0.4, -0.2) is 15.2 Å². The smallest absolute Gasteiger partial charge is 0.224 e. The molecule has 0 atom stereocenters. The highest BCUT2D eigenvalue weighted by atomic mass is 16.3. The van der Waals surface area contributed by atoms with E-state index in [1.807, 2.05) is 30.3 Å². The fourth-order valence-electron chi connectivity index (χ4n) is 2.04. The van der Waals surface area contributed by atoms with Crippen molar-refractivity contribution in [1.29, 1.82) is 0 Å². The van der Waals surface area contributed by atoms with Crippen molar-refractivity contribution in [2.75, 3.05) is 0 Å². The number of pyridine rings is 1. The molecule has 0 spiro atoms. The summed E-state index contributed by atoms with van der Waals surface area (Å²) < 4.78 is 0. The van der Waals surface area contributed by atoms with Crippen molar-refractivity contribution >= 4 is 10.9 Å². The summed E-state index contributed by atoms with van der Waals surface area (Å²) in [5.74, 6) is -1.08. The van der Waals surface area contributed by atoms with Crippen molar-refractivity contribution in [2.24, 2.45) is 0 Å². The fourth-order valence-corrected chi connectivity index (χ4v) is 2.04. The van der Waals surface area contributed by atoms with E-state index in [2.05, 4.69) is 4.98 Å². The van der Waals surface area contributed by atoms with E-state index in [0.29, 0.717) is 5.56 Å². The van der Waals surface area contributed by atoms with E-state index >= 15 is 0 Å². The van der Waals surface area contributed by atoms with Gasteiger partial charge >= 0.3 is 0 Å². The SMILES string of the molecule is O=c1cc(-c2cnc3ccccc3c2)ccc(O)c1O. The first-order valence-electron chi connectivity index (χ1n) is 6.06. The highest BCUT2D eigenvalue weighted by Gasteiger charge is 2.05. The molecule has 1 aromatic heterocycles. The average molecular weight is 265 g/mol. The second kappa shape index (κ2) is 4.66. The summed E-state index contributed by atoms with van der Waals surface area (Å²) >= 11 is 0. The molecule has 0 fully saturated rings. The van der Waals surface area contributed by atoms with E-state index in [1.54, 1.807) is 12.3 Å². The van der Waals surface area contributed by atoms with Crippen LogP contribution >= 0.6 is 0 Å². The van der Waals surface area contributed by atoms with Gasteiger partial charge in [-0.2, -0.15) is 0 Å². The number of para-hydroxylation sites is 1.